The molecule has 0 saturated carbocycles. The van der Waals surface area contributed by atoms with Crippen LogP contribution in [0.3, 0.4) is 0 Å². The lowest BCUT2D eigenvalue weighted by atomic mass is 9.86. The van der Waals surface area contributed by atoms with E-state index in [1.54, 1.807) is 0 Å². The van der Waals surface area contributed by atoms with Crippen molar-refractivity contribution in [3.63, 3.8) is 0 Å². The van der Waals surface area contributed by atoms with E-state index in [1.807, 2.05) is 0 Å². The van der Waals surface area contributed by atoms with Crippen molar-refractivity contribution < 1.29 is 24.1 Å². The first kappa shape index (κ1) is 13.8. The number of aromatic nitrogens is 4. The summed E-state index contributed by atoms with van der Waals surface area (Å²) in [7, 11) is 0. The van der Waals surface area contributed by atoms with Gasteiger partial charge in [-0.1, -0.05) is 0 Å². The highest BCUT2D eigenvalue weighted by Gasteiger charge is 2.52. The van der Waals surface area contributed by atoms with Crippen LogP contribution in [0.1, 0.15) is 6.23 Å². The number of anilines is 1. The van der Waals surface area contributed by atoms with Gasteiger partial charge in [0, 0.05) is 0 Å². The molecule has 0 bridgehead atoms. The summed E-state index contributed by atoms with van der Waals surface area (Å²) in [5.41, 5.74) is 6.11. The van der Waals surface area contributed by atoms with Gasteiger partial charge < -0.3 is 25.4 Å². The normalized spacial score (nSPS) is 34.4. The molecule has 5 unspecified atom stereocenters. The fourth-order valence-electron chi connectivity index (χ4n) is 3.01. The molecule has 118 valence electrons. The number of nitrogens with two attached hydrogens (primary N) is 1. The summed E-state index contributed by atoms with van der Waals surface area (Å²) >= 11 is 0. The Labute approximate surface area is 123 Å². The Bertz CT molecular complexity index is 721. The number of imidazole rings is 1. The Hall–Kier alpha value is -1.88. The smallest absolute Gasteiger partial charge is 0.312 e. The quantitative estimate of drug-likeness (QED) is 0.591. The lowest BCUT2D eigenvalue weighted by Crippen LogP contribution is -2.61. The number of halogens is 1. The second kappa shape index (κ2) is 4.81. The molecule has 2 saturated heterocycles. The number of nitrogens with zero attached hydrogens (tertiary/aromatic N) is 4. The van der Waals surface area contributed by atoms with Crippen LogP contribution in [0, 0.1) is 12.0 Å². The van der Waals surface area contributed by atoms with Crippen molar-refractivity contribution in [3.8, 4) is 0 Å². The maximum atomic E-state index is 13.4. The van der Waals surface area contributed by atoms with Gasteiger partial charge in [-0.15, -0.1) is 0 Å². The van der Waals surface area contributed by atoms with E-state index >= 15 is 0 Å². The number of ether oxygens (including phenoxy) is 2. The Morgan fingerprint density at radius 3 is 2.95 bits per heavy atom. The summed E-state index contributed by atoms with van der Waals surface area (Å²) in [4.78, 5) is 11.2. The predicted octanol–water partition coefficient (Wildman–Crippen LogP) is -1.19. The van der Waals surface area contributed by atoms with Crippen LogP contribution in [0.2, 0.25) is 0 Å². The third-order valence-corrected chi connectivity index (χ3v) is 4.18. The molecule has 2 aromatic heterocycles. The number of rotatable bonds is 2. The summed E-state index contributed by atoms with van der Waals surface area (Å²) in [6, 6.07) is 0. The second-order valence-corrected chi connectivity index (χ2v) is 5.40. The molecule has 0 aromatic carbocycles. The molecule has 4 rings (SSSR count). The first-order chi connectivity index (χ1) is 10.6. The van der Waals surface area contributed by atoms with E-state index < -0.39 is 30.6 Å². The number of nitrogen functional groups attached to an aromatic ring is 1. The first-order valence-corrected chi connectivity index (χ1v) is 6.81. The van der Waals surface area contributed by atoms with Crippen molar-refractivity contribution in [1.29, 1.82) is 0 Å². The standard InChI is InChI=1S/C12H14FN5O4/c13-12-16-9(14)6-10(17-12)18(3-15-6)11-4-2-21-8(4)7(20)5(1-19)22-11/h3-5,7-8,11,19-20H,1-2H2,(H2,14,16,17). The zero-order valence-corrected chi connectivity index (χ0v) is 11.3. The van der Waals surface area contributed by atoms with Crippen LogP contribution in [0.4, 0.5) is 10.2 Å². The van der Waals surface area contributed by atoms with Gasteiger partial charge in [-0.2, -0.15) is 14.4 Å². The van der Waals surface area contributed by atoms with Crippen LogP contribution < -0.4 is 5.73 Å². The van der Waals surface area contributed by atoms with E-state index in [0.717, 1.165) is 0 Å². The van der Waals surface area contributed by atoms with Crippen LogP contribution in [0.25, 0.3) is 11.2 Å². The second-order valence-electron chi connectivity index (χ2n) is 5.40. The fourth-order valence-corrected chi connectivity index (χ4v) is 3.01. The molecule has 4 heterocycles. The molecule has 0 amide bonds. The summed E-state index contributed by atoms with van der Waals surface area (Å²) in [5.74, 6) is -0.202. The SMILES string of the molecule is Nc1nc(F)nc2c1ncn2C1OC(CO)C(O)C2OCC21. The van der Waals surface area contributed by atoms with Gasteiger partial charge in [0.15, 0.2) is 17.0 Å². The molecule has 22 heavy (non-hydrogen) atoms. The number of aliphatic hydroxyl groups is 2. The summed E-state index contributed by atoms with van der Waals surface area (Å²) in [6.45, 7) is 0.0234. The van der Waals surface area contributed by atoms with Crippen LogP contribution in [0.5, 0.6) is 0 Å². The maximum Gasteiger partial charge on any atom is 0.312 e. The van der Waals surface area contributed by atoms with Crippen molar-refractivity contribution in [1.82, 2.24) is 19.5 Å². The zero-order chi connectivity index (χ0) is 15.4. The van der Waals surface area contributed by atoms with E-state index in [9.17, 15) is 14.6 Å². The molecule has 10 heteroatoms. The number of hydrogen-bond donors (Lipinski definition) is 3. The lowest BCUT2D eigenvalue weighted by Gasteiger charge is -2.50. The van der Waals surface area contributed by atoms with Crippen LogP contribution in [0.15, 0.2) is 6.33 Å². The minimum absolute atomic E-state index is 0.0581. The first-order valence-electron chi connectivity index (χ1n) is 6.81. The van der Waals surface area contributed by atoms with Gasteiger partial charge in [0.2, 0.25) is 0 Å². The van der Waals surface area contributed by atoms with Crippen molar-refractivity contribution in [3.05, 3.63) is 12.4 Å². The topological polar surface area (TPSA) is 129 Å². The summed E-state index contributed by atoms with van der Waals surface area (Å²) in [5, 5.41) is 19.4. The highest BCUT2D eigenvalue weighted by atomic mass is 19.1. The van der Waals surface area contributed by atoms with E-state index in [2.05, 4.69) is 15.0 Å². The Kier molecular flexibility index (Phi) is 3.01. The lowest BCUT2D eigenvalue weighted by molar-refractivity contribution is -0.302. The van der Waals surface area contributed by atoms with E-state index in [-0.39, 0.29) is 29.5 Å². The van der Waals surface area contributed by atoms with Crippen molar-refractivity contribution >= 4 is 17.0 Å². The molecule has 2 fully saturated rings. The molecule has 0 spiro atoms. The minimum Gasteiger partial charge on any atom is -0.394 e. The molecule has 4 N–H and O–H groups in total. The molecular formula is C12H14FN5O4. The monoisotopic (exact) mass is 311 g/mol. The summed E-state index contributed by atoms with van der Waals surface area (Å²) in [6.07, 6.45) is -2.27. The molecule has 0 radical (unpaired) electrons. The van der Waals surface area contributed by atoms with Crippen LogP contribution in [-0.4, -0.2) is 61.3 Å². The molecule has 2 aliphatic heterocycles. The highest BCUT2D eigenvalue weighted by Crippen LogP contribution is 2.41. The van der Waals surface area contributed by atoms with E-state index in [4.69, 9.17) is 15.2 Å². The maximum absolute atomic E-state index is 13.4. The van der Waals surface area contributed by atoms with Gasteiger partial charge in [-0.05, 0) is 0 Å². The number of aliphatic hydroxyl groups excluding tert-OH is 2. The Morgan fingerprint density at radius 2 is 2.27 bits per heavy atom. The molecular weight excluding hydrogens is 297 g/mol. The minimum atomic E-state index is -0.956. The average molecular weight is 311 g/mol. The van der Waals surface area contributed by atoms with Crippen LogP contribution >= 0.6 is 0 Å². The van der Waals surface area contributed by atoms with Gasteiger partial charge in [-0.25, -0.2) is 4.98 Å². The van der Waals surface area contributed by atoms with Crippen molar-refractivity contribution in [2.75, 3.05) is 18.9 Å². The third-order valence-electron chi connectivity index (χ3n) is 4.18. The van der Waals surface area contributed by atoms with E-state index in [1.165, 1.54) is 10.9 Å². The predicted molar refractivity (Wildman–Crippen MR) is 69.9 cm³/mol. The Morgan fingerprint density at radius 1 is 1.45 bits per heavy atom. The zero-order valence-electron chi connectivity index (χ0n) is 11.3. The van der Waals surface area contributed by atoms with Crippen LogP contribution in [-0.2, 0) is 9.47 Å². The Balaban J connectivity index is 1.78. The van der Waals surface area contributed by atoms with Crippen molar-refractivity contribution in [2.45, 2.75) is 24.5 Å². The fraction of sp³-hybridized carbons (Fsp3) is 0.583. The van der Waals surface area contributed by atoms with E-state index in [0.29, 0.717) is 6.61 Å². The highest BCUT2D eigenvalue weighted by molar-refractivity contribution is 5.81. The van der Waals surface area contributed by atoms with Gasteiger partial charge >= 0.3 is 6.08 Å². The largest absolute Gasteiger partial charge is 0.394 e. The molecule has 9 nitrogen and oxygen atoms in total. The average Bonchev–Trinajstić information content (AvgIpc) is 2.84. The number of fused-ring (bicyclic) bond motifs is 2. The van der Waals surface area contributed by atoms with Gasteiger partial charge in [0.05, 0.1) is 31.6 Å². The van der Waals surface area contributed by atoms with Gasteiger partial charge in [0.1, 0.15) is 18.4 Å². The summed E-state index contributed by atoms with van der Waals surface area (Å²) < 4.78 is 26.1. The molecule has 0 aliphatic carbocycles. The van der Waals surface area contributed by atoms with Gasteiger partial charge in [0.25, 0.3) is 0 Å². The third kappa shape index (κ3) is 1.81. The molecule has 2 aromatic rings. The molecule has 5 atom stereocenters. The van der Waals surface area contributed by atoms with Gasteiger partial charge in [-0.3, -0.25) is 4.57 Å². The number of hydrogen-bond acceptors (Lipinski definition) is 8. The van der Waals surface area contributed by atoms with Crippen molar-refractivity contribution in [2.24, 2.45) is 5.92 Å². The molecule has 2 aliphatic rings.